The van der Waals surface area contributed by atoms with E-state index in [0.29, 0.717) is 5.75 Å². The van der Waals surface area contributed by atoms with Gasteiger partial charge in [-0.15, -0.1) is 23.1 Å². The second kappa shape index (κ2) is 9.17. The van der Waals surface area contributed by atoms with Crippen LogP contribution in [0.4, 0.5) is 5.69 Å². The highest BCUT2D eigenvalue weighted by Crippen LogP contribution is 2.18. The zero-order valence-corrected chi connectivity index (χ0v) is 16.3. The lowest BCUT2D eigenvalue weighted by atomic mass is 10.3. The number of nitrogens with two attached hydrogens (primary N) is 1. The van der Waals surface area contributed by atoms with Gasteiger partial charge in [-0.25, -0.2) is 13.6 Å². The van der Waals surface area contributed by atoms with Crippen molar-refractivity contribution in [1.29, 1.82) is 0 Å². The summed E-state index contributed by atoms with van der Waals surface area (Å²) in [6.45, 7) is 1.45. The summed E-state index contributed by atoms with van der Waals surface area (Å²) < 4.78 is 27.7. The SMILES string of the molecule is C[C@@H](OC(=O)CSCc1cccs1)C(=O)Nc1cccc(S(N)(=O)=O)c1. The first-order chi connectivity index (χ1) is 12.3. The smallest absolute Gasteiger partial charge is 0.316 e. The average Bonchev–Trinajstić information content (AvgIpc) is 3.07. The predicted octanol–water partition coefficient (Wildman–Crippen LogP) is 2.20. The molecule has 1 amide bonds. The first-order valence-electron chi connectivity index (χ1n) is 7.49. The van der Waals surface area contributed by atoms with Crippen LogP contribution in [-0.2, 0) is 30.1 Å². The molecule has 26 heavy (non-hydrogen) atoms. The third kappa shape index (κ3) is 6.45. The second-order valence-corrected chi connectivity index (χ2v) is 8.85. The van der Waals surface area contributed by atoms with E-state index in [0.717, 1.165) is 4.88 Å². The number of thioether (sulfide) groups is 1. The summed E-state index contributed by atoms with van der Waals surface area (Å²) in [5.41, 5.74) is 0.247. The van der Waals surface area contributed by atoms with Gasteiger partial charge in [0.25, 0.3) is 5.91 Å². The van der Waals surface area contributed by atoms with Crippen molar-refractivity contribution in [3.8, 4) is 0 Å². The minimum atomic E-state index is -3.87. The second-order valence-electron chi connectivity index (χ2n) is 5.27. The Morgan fingerprint density at radius 1 is 1.31 bits per heavy atom. The van der Waals surface area contributed by atoms with Crippen LogP contribution >= 0.6 is 23.1 Å². The lowest BCUT2D eigenvalue weighted by Gasteiger charge is -2.13. The third-order valence-electron chi connectivity index (χ3n) is 3.15. The number of carbonyl (C=O) groups excluding carboxylic acids is 2. The fourth-order valence-electron chi connectivity index (χ4n) is 1.91. The fraction of sp³-hybridized carbons (Fsp3) is 0.250. The maximum absolute atomic E-state index is 12.1. The number of sulfonamides is 1. The molecular formula is C16H18N2O5S3. The minimum absolute atomic E-state index is 0.120. The molecule has 0 radical (unpaired) electrons. The van der Waals surface area contributed by atoms with E-state index in [1.54, 1.807) is 11.3 Å². The maximum atomic E-state index is 12.1. The van der Waals surface area contributed by atoms with Crippen molar-refractivity contribution in [2.75, 3.05) is 11.1 Å². The largest absolute Gasteiger partial charge is 0.452 e. The van der Waals surface area contributed by atoms with E-state index in [2.05, 4.69) is 5.32 Å². The summed E-state index contributed by atoms with van der Waals surface area (Å²) in [5.74, 6) is -0.218. The van der Waals surface area contributed by atoms with Gasteiger partial charge in [0.2, 0.25) is 10.0 Å². The van der Waals surface area contributed by atoms with Crippen LogP contribution in [0.3, 0.4) is 0 Å². The standard InChI is InChI=1S/C16H18N2O5S3/c1-11(23-15(19)10-24-9-13-5-3-7-25-13)16(20)18-12-4-2-6-14(8-12)26(17,21)22/h2-8,11H,9-10H2,1H3,(H,18,20)(H2,17,21,22)/t11-/m1/s1. The molecule has 0 spiro atoms. The normalized spacial score (nSPS) is 12.4. The molecule has 10 heteroatoms. The Bertz CT molecular complexity index is 866. The molecule has 0 fully saturated rings. The van der Waals surface area contributed by atoms with E-state index in [-0.39, 0.29) is 16.3 Å². The first kappa shape index (κ1) is 20.4. The van der Waals surface area contributed by atoms with Crippen molar-refractivity contribution in [1.82, 2.24) is 0 Å². The van der Waals surface area contributed by atoms with Crippen LogP contribution in [0, 0.1) is 0 Å². The minimum Gasteiger partial charge on any atom is -0.452 e. The summed E-state index contributed by atoms with van der Waals surface area (Å²) in [6, 6.07) is 9.44. The lowest BCUT2D eigenvalue weighted by molar-refractivity contribution is -0.150. The fourth-order valence-corrected chi connectivity index (χ4v) is 4.11. The summed E-state index contributed by atoms with van der Waals surface area (Å²) in [6.07, 6.45) is -1.01. The van der Waals surface area contributed by atoms with E-state index in [4.69, 9.17) is 9.88 Å². The molecule has 140 valence electrons. The average molecular weight is 415 g/mol. The van der Waals surface area contributed by atoms with Crippen molar-refractivity contribution in [2.24, 2.45) is 5.14 Å². The molecule has 0 bridgehead atoms. The van der Waals surface area contributed by atoms with Gasteiger partial charge in [0.15, 0.2) is 6.10 Å². The molecule has 7 nitrogen and oxygen atoms in total. The number of primary sulfonamides is 1. The van der Waals surface area contributed by atoms with Gasteiger partial charge in [-0.1, -0.05) is 12.1 Å². The number of anilines is 1. The number of thiophene rings is 1. The molecule has 0 aliphatic rings. The van der Waals surface area contributed by atoms with Crippen LogP contribution in [0.1, 0.15) is 11.8 Å². The molecule has 3 N–H and O–H groups in total. The summed E-state index contributed by atoms with van der Waals surface area (Å²) >= 11 is 3.01. The number of rotatable bonds is 8. The lowest BCUT2D eigenvalue weighted by Crippen LogP contribution is -2.30. The molecular weight excluding hydrogens is 396 g/mol. The zero-order chi connectivity index (χ0) is 19.2. The third-order valence-corrected chi connectivity index (χ3v) is 6.08. The Morgan fingerprint density at radius 3 is 2.73 bits per heavy atom. The number of nitrogens with one attached hydrogen (secondary N) is 1. The van der Waals surface area contributed by atoms with E-state index in [9.17, 15) is 18.0 Å². The quantitative estimate of drug-likeness (QED) is 0.640. The highest BCUT2D eigenvalue weighted by molar-refractivity contribution is 7.99. The van der Waals surface area contributed by atoms with Crippen LogP contribution in [0.2, 0.25) is 0 Å². The number of amides is 1. The van der Waals surface area contributed by atoms with Gasteiger partial charge in [-0.05, 0) is 36.6 Å². The van der Waals surface area contributed by atoms with Crippen LogP contribution in [0.5, 0.6) is 0 Å². The number of benzene rings is 1. The van der Waals surface area contributed by atoms with Crippen molar-refractivity contribution < 1.29 is 22.7 Å². The van der Waals surface area contributed by atoms with E-state index in [1.165, 1.54) is 43.0 Å². The van der Waals surface area contributed by atoms with E-state index >= 15 is 0 Å². The molecule has 0 aliphatic heterocycles. The molecule has 0 unspecified atom stereocenters. The van der Waals surface area contributed by atoms with Crippen LogP contribution in [0.15, 0.2) is 46.7 Å². The molecule has 0 saturated heterocycles. The van der Waals surface area contributed by atoms with Crippen LogP contribution in [-0.4, -0.2) is 32.2 Å². The van der Waals surface area contributed by atoms with Gasteiger partial charge in [0.05, 0.1) is 10.6 Å². The van der Waals surface area contributed by atoms with Crippen molar-refractivity contribution in [2.45, 2.75) is 23.7 Å². The summed E-state index contributed by atoms with van der Waals surface area (Å²) in [5, 5.41) is 9.51. The van der Waals surface area contributed by atoms with Gasteiger partial charge in [0, 0.05) is 16.3 Å². The molecule has 2 aromatic rings. The van der Waals surface area contributed by atoms with Crippen LogP contribution < -0.4 is 10.5 Å². The molecule has 1 atom stereocenters. The highest BCUT2D eigenvalue weighted by atomic mass is 32.2. The van der Waals surface area contributed by atoms with Gasteiger partial charge in [-0.2, -0.15) is 0 Å². The van der Waals surface area contributed by atoms with Gasteiger partial charge >= 0.3 is 5.97 Å². The summed E-state index contributed by atoms with van der Waals surface area (Å²) in [7, 11) is -3.87. The summed E-state index contributed by atoms with van der Waals surface area (Å²) in [4.78, 5) is 24.9. The maximum Gasteiger partial charge on any atom is 0.316 e. The monoisotopic (exact) mass is 414 g/mol. The van der Waals surface area contributed by atoms with Gasteiger partial charge < -0.3 is 10.1 Å². The van der Waals surface area contributed by atoms with Crippen LogP contribution in [0.25, 0.3) is 0 Å². The van der Waals surface area contributed by atoms with Crippen molar-refractivity contribution in [3.63, 3.8) is 0 Å². The number of carbonyl (C=O) groups is 2. The topological polar surface area (TPSA) is 116 Å². The molecule has 1 aromatic carbocycles. The Hall–Kier alpha value is -1.88. The van der Waals surface area contributed by atoms with Crippen molar-refractivity contribution in [3.05, 3.63) is 46.7 Å². The Labute approximate surface area is 160 Å². The molecule has 0 saturated carbocycles. The Kier molecular flexibility index (Phi) is 7.21. The predicted molar refractivity (Wildman–Crippen MR) is 102 cm³/mol. The van der Waals surface area contributed by atoms with Crippen molar-refractivity contribution >= 4 is 50.7 Å². The Balaban J connectivity index is 1.82. The molecule has 0 aliphatic carbocycles. The number of hydrogen-bond acceptors (Lipinski definition) is 7. The molecule has 1 aromatic heterocycles. The molecule has 1 heterocycles. The highest BCUT2D eigenvalue weighted by Gasteiger charge is 2.18. The van der Waals surface area contributed by atoms with E-state index < -0.39 is 28.0 Å². The zero-order valence-electron chi connectivity index (χ0n) is 13.9. The van der Waals surface area contributed by atoms with Gasteiger partial charge in [-0.3, -0.25) is 9.59 Å². The number of esters is 1. The first-order valence-corrected chi connectivity index (χ1v) is 11.1. The number of hydrogen-bond donors (Lipinski definition) is 2. The molecule has 2 rings (SSSR count). The Morgan fingerprint density at radius 2 is 2.08 bits per heavy atom. The number of ether oxygens (including phenoxy) is 1. The van der Waals surface area contributed by atoms with E-state index in [1.807, 2.05) is 17.5 Å². The van der Waals surface area contributed by atoms with Gasteiger partial charge in [0.1, 0.15) is 0 Å².